The zero-order valence-corrected chi connectivity index (χ0v) is 43.5. The highest BCUT2D eigenvalue weighted by atomic mass is 16.3. The Labute approximate surface area is 440 Å². The molecule has 2 aliphatic rings. The highest BCUT2D eigenvalue weighted by Crippen LogP contribution is 2.25. The molecule has 402 valence electrons. The fourth-order valence-electron chi connectivity index (χ4n) is 10.1. The Morgan fingerprint density at radius 3 is 1.96 bits per heavy atom. The first-order valence-electron chi connectivity index (χ1n) is 26.3. The van der Waals surface area contributed by atoms with Crippen LogP contribution in [0.15, 0.2) is 102 Å². The number of carbonyl (C=O) groups excluding carboxylic acids is 6. The smallest absolute Gasteiger partial charge is 0.245 e. The molecule has 2 heterocycles. The highest BCUT2D eigenvalue weighted by molar-refractivity contribution is 5.94. The van der Waals surface area contributed by atoms with E-state index in [1.807, 2.05) is 74.5 Å². The lowest BCUT2D eigenvalue weighted by molar-refractivity contribution is -0.138. The van der Waals surface area contributed by atoms with Gasteiger partial charge in [-0.2, -0.15) is 0 Å². The quantitative estimate of drug-likeness (QED) is 0.0250. The number of nitrogens with one attached hydrogen (secondary N) is 4. The van der Waals surface area contributed by atoms with E-state index < -0.39 is 59.7 Å². The molecule has 4 aromatic rings. The average molecular weight is 1030 g/mol. The van der Waals surface area contributed by atoms with E-state index in [-0.39, 0.29) is 75.8 Å². The Hall–Kier alpha value is -7.31. The fraction of sp³-hybridized carbons (Fsp3) is 0.456. The number of amides is 6. The van der Waals surface area contributed by atoms with Gasteiger partial charge in [0, 0.05) is 38.9 Å². The SMILES string of the molecule is Cc1cc(O)cc(C)c1C[C@H](N)C(=O)N[C@H](CCCN=C(N)N)C(=O)N[C@H]1Cc2ccccc2CN(CCCC(=O)N[C@@H](CCCN2CCC(Cc3ccccc3)CC2)C(=O)N[C@@H](Cc2ccccc2)C(N)=O)C1=O. The summed E-state index contributed by atoms with van der Waals surface area (Å²) in [7, 11) is 0. The maximum absolute atomic E-state index is 14.5. The number of rotatable bonds is 26. The van der Waals surface area contributed by atoms with Gasteiger partial charge in [-0.3, -0.25) is 33.8 Å². The second kappa shape index (κ2) is 28.4. The van der Waals surface area contributed by atoms with Gasteiger partial charge in [-0.1, -0.05) is 84.9 Å². The Balaban J connectivity index is 1.09. The number of likely N-dealkylation sites (tertiary alicyclic amines) is 1. The molecule has 0 bridgehead atoms. The predicted octanol–water partition coefficient (Wildman–Crippen LogP) is 2.70. The summed E-state index contributed by atoms with van der Waals surface area (Å²) in [6.45, 7) is 6.87. The number of benzene rings is 4. The van der Waals surface area contributed by atoms with Gasteiger partial charge in [0.25, 0.3) is 0 Å². The number of hydrogen-bond donors (Lipinski definition) is 9. The molecule has 6 rings (SSSR count). The first-order valence-corrected chi connectivity index (χ1v) is 26.3. The first-order chi connectivity index (χ1) is 36.0. The predicted molar refractivity (Wildman–Crippen MR) is 290 cm³/mol. The molecule has 2 aliphatic heterocycles. The van der Waals surface area contributed by atoms with Gasteiger partial charge in [-0.25, -0.2) is 0 Å². The molecule has 18 heteroatoms. The fourth-order valence-corrected chi connectivity index (χ4v) is 10.1. The van der Waals surface area contributed by atoms with Gasteiger partial charge in [0.1, 0.15) is 29.9 Å². The number of nitrogens with two attached hydrogens (primary N) is 4. The van der Waals surface area contributed by atoms with Crippen LogP contribution in [0.1, 0.15) is 90.3 Å². The summed E-state index contributed by atoms with van der Waals surface area (Å²) in [5, 5.41) is 21.5. The normalized spacial score (nSPS) is 16.5. The molecule has 0 radical (unpaired) electrons. The van der Waals surface area contributed by atoms with Crippen molar-refractivity contribution >= 4 is 41.4 Å². The number of nitrogens with zero attached hydrogens (tertiary/aromatic N) is 3. The molecule has 0 saturated carbocycles. The van der Waals surface area contributed by atoms with Crippen molar-refractivity contribution in [1.29, 1.82) is 0 Å². The molecule has 1 fully saturated rings. The third-order valence-corrected chi connectivity index (χ3v) is 14.3. The molecular formula is C57H77N11O7. The molecule has 13 N–H and O–H groups in total. The maximum atomic E-state index is 14.5. The van der Waals surface area contributed by atoms with Crippen LogP contribution in [-0.4, -0.2) is 119 Å². The molecule has 75 heavy (non-hydrogen) atoms. The standard InChI is InChI=1S/C57H77N11O7/c1-37-30-44(69)31-38(2)45(37)35-46(58)53(72)64-48(20-11-25-62-57(60)61)55(74)66-50-34-42-18-9-10-19-43(42)36-68(56(50)75)27-13-22-51(70)63-47(54(73)65-49(52(59)71)33-40-16-7-4-8-17-40)21-12-26-67-28-23-41(24-29-67)32-39-14-5-3-6-15-39/h3-10,14-19,30-31,41,46-50,69H,11-13,20-29,32-36,58H2,1-2H3,(H2,59,71)(H,63,70)(H,64,72)(H,65,73)(H,66,74)(H4,60,61,62)/t46-,47-,48+,49-,50-/m0/s1. The zero-order chi connectivity index (χ0) is 53.9. The van der Waals surface area contributed by atoms with E-state index in [4.69, 9.17) is 22.9 Å². The largest absolute Gasteiger partial charge is 0.508 e. The number of fused-ring (bicyclic) bond motifs is 1. The van der Waals surface area contributed by atoms with E-state index in [0.717, 1.165) is 72.3 Å². The lowest BCUT2D eigenvalue weighted by atomic mass is 9.90. The number of piperidine rings is 1. The molecule has 0 unspecified atom stereocenters. The number of aromatic hydroxyl groups is 1. The van der Waals surface area contributed by atoms with Crippen molar-refractivity contribution in [3.8, 4) is 5.75 Å². The van der Waals surface area contributed by atoms with Crippen LogP contribution in [0.5, 0.6) is 5.75 Å². The third kappa shape index (κ3) is 18.0. The van der Waals surface area contributed by atoms with Crippen LogP contribution in [-0.2, 0) is 61.0 Å². The lowest BCUT2D eigenvalue weighted by Gasteiger charge is -2.32. The zero-order valence-electron chi connectivity index (χ0n) is 43.5. The summed E-state index contributed by atoms with van der Waals surface area (Å²) in [6, 6.07) is 25.5. The minimum atomic E-state index is -1.10. The van der Waals surface area contributed by atoms with Crippen molar-refractivity contribution in [2.24, 2.45) is 33.8 Å². The topological polar surface area (TPSA) is 294 Å². The van der Waals surface area contributed by atoms with E-state index in [1.54, 1.807) is 17.0 Å². The monoisotopic (exact) mass is 1030 g/mol. The first kappa shape index (κ1) is 57.0. The summed E-state index contributed by atoms with van der Waals surface area (Å²) >= 11 is 0. The summed E-state index contributed by atoms with van der Waals surface area (Å²) in [4.78, 5) is 90.7. The summed E-state index contributed by atoms with van der Waals surface area (Å²) in [5.41, 5.74) is 29.5. The Kier molecular flexibility index (Phi) is 21.6. The number of aryl methyl sites for hydroxylation is 2. The van der Waals surface area contributed by atoms with E-state index in [1.165, 1.54) is 5.56 Å². The Bertz CT molecular complexity index is 2560. The minimum absolute atomic E-state index is 0.0161. The van der Waals surface area contributed by atoms with Gasteiger partial charge in [0.05, 0.1) is 6.04 Å². The van der Waals surface area contributed by atoms with E-state index in [9.17, 15) is 33.9 Å². The van der Waals surface area contributed by atoms with Gasteiger partial charge in [-0.15, -0.1) is 0 Å². The molecule has 6 amide bonds. The summed E-state index contributed by atoms with van der Waals surface area (Å²) in [6.07, 6.45) is 5.39. The summed E-state index contributed by atoms with van der Waals surface area (Å²) in [5.74, 6) is -2.51. The van der Waals surface area contributed by atoms with Gasteiger partial charge in [0.15, 0.2) is 5.96 Å². The molecule has 0 aliphatic carbocycles. The molecule has 0 spiro atoms. The number of primary amides is 1. The molecule has 4 aromatic carbocycles. The number of aliphatic imine (C=N–C) groups is 1. The van der Waals surface area contributed by atoms with Crippen LogP contribution in [0, 0.1) is 19.8 Å². The molecule has 5 atom stereocenters. The molecule has 18 nitrogen and oxygen atoms in total. The van der Waals surface area contributed by atoms with Crippen molar-refractivity contribution in [1.82, 2.24) is 31.1 Å². The molecular weight excluding hydrogens is 951 g/mol. The van der Waals surface area contributed by atoms with Crippen LogP contribution >= 0.6 is 0 Å². The van der Waals surface area contributed by atoms with Gasteiger partial charge in [-0.05, 0) is 148 Å². The van der Waals surface area contributed by atoms with Crippen LogP contribution in [0.4, 0.5) is 0 Å². The van der Waals surface area contributed by atoms with Crippen LogP contribution in [0.3, 0.4) is 0 Å². The number of hydrogen-bond acceptors (Lipinski definition) is 10. The lowest BCUT2D eigenvalue weighted by Crippen LogP contribution is -2.56. The average Bonchev–Trinajstić information content (AvgIpc) is 3.51. The second-order valence-electron chi connectivity index (χ2n) is 20.2. The Morgan fingerprint density at radius 1 is 0.707 bits per heavy atom. The minimum Gasteiger partial charge on any atom is -0.508 e. The number of phenols is 1. The summed E-state index contributed by atoms with van der Waals surface area (Å²) < 4.78 is 0. The number of guanidine groups is 1. The van der Waals surface area contributed by atoms with Crippen molar-refractivity contribution in [3.63, 3.8) is 0 Å². The highest BCUT2D eigenvalue weighted by Gasteiger charge is 2.34. The van der Waals surface area contributed by atoms with Gasteiger partial charge >= 0.3 is 0 Å². The van der Waals surface area contributed by atoms with E-state index in [2.05, 4.69) is 55.4 Å². The van der Waals surface area contributed by atoms with Crippen molar-refractivity contribution in [3.05, 3.63) is 136 Å². The molecule has 1 saturated heterocycles. The van der Waals surface area contributed by atoms with E-state index in [0.29, 0.717) is 25.2 Å². The van der Waals surface area contributed by atoms with Gasteiger partial charge < -0.3 is 59.1 Å². The van der Waals surface area contributed by atoms with Crippen molar-refractivity contribution in [2.75, 3.05) is 32.7 Å². The number of carbonyl (C=O) groups is 6. The number of phenolic OH excluding ortho intramolecular Hbond substituents is 1. The Morgan fingerprint density at radius 2 is 1.31 bits per heavy atom. The van der Waals surface area contributed by atoms with Crippen LogP contribution < -0.4 is 44.2 Å². The third-order valence-electron chi connectivity index (χ3n) is 14.3. The van der Waals surface area contributed by atoms with Crippen molar-refractivity contribution < 1.29 is 33.9 Å². The van der Waals surface area contributed by atoms with Crippen molar-refractivity contribution in [2.45, 2.75) is 128 Å². The second-order valence-corrected chi connectivity index (χ2v) is 20.2. The molecule has 0 aromatic heterocycles. The van der Waals surface area contributed by atoms with Gasteiger partial charge in [0.2, 0.25) is 35.4 Å². The van der Waals surface area contributed by atoms with Crippen LogP contribution in [0.2, 0.25) is 0 Å². The van der Waals surface area contributed by atoms with Crippen LogP contribution in [0.25, 0.3) is 0 Å². The maximum Gasteiger partial charge on any atom is 0.245 e. The van der Waals surface area contributed by atoms with E-state index >= 15 is 0 Å².